The maximum Gasteiger partial charge on any atom is 0.300 e. The number of rotatable bonds is 0. The van der Waals surface area contributed by atoms with Gasteiger partial charge in [0, 0.05) is 13.8 Å². The molecule has 7 nitrogen and oxygen atoms in total. The van der Waals surface area contributed by atoms with Crippen LogP contribution in [0.15, 0.2) is 0 Å². The van der Waals surface area contributed by atoms with Crippen LogP contribution in [0.1, 0.15) is 13.8 Å². The highest BCUT2D eigenvalue weighted by atomic mass is 32.2. The first kappa shape index (κ1) is 17.8. The SMILES string of the molecule is CC(=O)O.CC(=O)O.CS(N)(=O)=O. The molecular formula is C5H13NO6S. The lowest BCUT2D eigenvalue weighted by atomic mass is 10.9. The zero-order valence-electron chi connectivity index (χ0n) is 7.51. The van der Waals surface area contributed by atoms with E-state index in [1.54, 1.807) is 0 Å². The number of carbonyl (C=O) groups is 2. The van der Waals surface area contributed by atoms with Crippen LogP contribution in [0.3, 0.4) is 0 Å². The summed E-state index contributed by atoms with van der Waals surface area (Å²) in [5.41, 5.74) is 0. The first-order valence-electron chi connectivity index (χ1n) is 2.83. The fraction of sp³-hybridized carbons (Fsp3) is 0.600. The van der Waals surface area contributed by atoms with E-state index in [0.717, 1.165) is 20.1 Å². The molecule has 0 aliphatic carbocycles. The molecule has 0 unspecified atom stereocenters. The van der Waals surface area contributed by atoms with Gasteiger partial charge in [-0.25, -0.2) is 13.6 Å². The van der Waals surface area contributed by atoms with Gasteiger partial charge < -0.3 is 10.2 Å². The average molecular weight is 215 g/mol. The third-order valence-corrected chi connectivity index (χ3v) is 0. The molecule has 0 bridgehead atoms. The molecule has 0 radical (unpaired) electrons. The van der Waals surface area contributed by atoms with Crippen LogP contribution in [0.4, 0.5) is 0 Å². The average Bonchev–Trinajstić information content (AvgIpc) is 1.50. The van der Waals surface area contributed by atoms with Crippen molar-refractivity contribution in [1.29, 1.82) is 0 Å². The Labute approximate surface area is 76.2 Å². The Morgan fingerprint density at radius 1 is 1.08 bits per heavy atom. The van der Waals surface area contributed by atoms with Gasteiger partial charge in [-0.05, 0) is 0 Å². The van der Waals surface area contributed by atoms with Crippen LogP contribution in [0.2, 0.25) is 0 Å². The van der Waals surface area contributed by atoms with Crippen molar-refractivity contribution < 1.29 is 28.2 Å². The molecule has 0 amide bonds. The molecule has 0 atom stereocenters. The second-order valence-corrected chi connectivity index (χ2v) is 3.53. The third kappa shape index (κ3) is 643. The van der Waals surface area contributed by atoms with Crippen molar-refractivity contribution >= 4 is 22.0 Å². The molecule has 0 fully saturated rings. The summed E-state index contributed by atoms with van der Waals surface area (Å²) < 4.78 is 18.8. The highest BCUT2D eigenvalue weighted by Gasteiger charge is 1.78. The summed E-state index contributed by atoms with van der Waals surface area (Å²) in [6.07, 6.45) is 0.938. The fourth-order valence-electron chi connectivity index (χ4n) is 0. The van der Waals surface area contributed by atoms with E-state index in [0.29, 0.717) is 0 Å². The minimum absolute atomic E-state index is 0.833. The molecule has 0 aromatic heterocycles. The monoisotopic (exact) mass is 215 g/mol. The summed E-state index contributed by atoms with van der Waals surface area (Å²) in [5, 5.41) is 19.2. The normalized spacial score (nSPS) is 8.31. The molecule has 0 saturated heterocycles. The standard InChI is InChI=1S/2C2H4O2.CH5NO2S/c2*1-2(3)4;1-5(2,3)4/h2*1H3,(H,3,4);1H3,(H2,2,3,4). The van der Waals surface area contributed by atoms with Crippen molar-refractivity contribution in [3.63, 3.8) is 0 Å². The molecule has 0 aliphatic heterocycles. The largest absolute Gasteiger partial charge is 0.481 e. The first-order chi connectivity index (χ1) is 5.46. The number of primary sulfonamides is 1. The van der Waals surface area contributed by atoms with E-state index in [9.17, 15) is 8.42 Å². The maximum atomic E-state index is 9.41. The van der Waals surface area contributed by atoms with E-state index in [1.807, 2.05) is 0 Å². The summed E-state index contributed by atoms with van der Waals surface area (Å²) in [7, 11) is -3.17. The number of carboxylic acid groups (broad SMARTS) is 2. The van der Waals surface area contributed by atoms with Gasteiger partial charge in [-0.2, -0.15) is 0 Å². The van der Waals surface area contributed by atoms with Gasteiger partial charge in [-0.1, -0.05) is 0 Å². The Hall–Kier alpha value is -1.15. The lowest BCUT2D eigenvalue weighted by Crippen LogP contribution is -2.07. The van der Waals surface area contributed by atoms with Gasteiger partial charge in [0.2, 0.25) is 10.0 Å². The summed E-state index contributed by atoms with van der Waals surface area (Å²) in [6, 6.07) is 0. The second kappa shape index (κ2) is 8.94. The second-order valence-electron chi connectivity index (χ2n) is 1.87. The Bertz CT molecular complexity index is 216. The molecule has 0 aromatic carbocycles. The van der Waals surface area contributed by atoms with E-state index in [4.69, 9.17) is 19.8 Å². The van der Waals surface area contributed by atoms with Gasteiger partial charge >= 0.3 is 0 Å². The van der Waals surface area contributed by atoms with Gasteiger partial charge in [0.15, 0.2) is 0 Å². The number of carboxylic acids is 2. The predicted molar refractivity (Wildman–Crippen MR) is 45.7 cm³/mol. The number of hydrogen-bond donors (Lipinski definition) is 3. The van der Waals surface area contributed by atoms with Crippen LogP contribution < -0.4 is 5.14 Å². The van der Waals surface area contributed by atoms with Crippen molar-refractivity contribution in [2.45, 2.75) is 13.8 Å². The summed E-state index contributed by atoms with van der Waals surface area (Å²) in [6.45, 7) is 2.17. The molecule has 8 heteroatoms. The predicted octanol–water partition coefficient (Wildman–Crippen LogP) is -0.913. The minimum Gasteiger partial charge on any atom is -0.481 e. The quantitative estimate of drug-likeness (QED) is 0.478. The summed E-state index contributed by atoms with van der Waals surface area (Å²) in [5.74, 6) is -1.67. The van der Waals surface area contributed by atoms with Crippen LogP contribution >= 0.6 is 0 Å². The van der Waals surface area contributed by atoms with Crippen LogP contribution in [0.5, 0.6) is 0 Å². The Balaban J connectivity index is -0.000000117. The fourth-order valence-corrected chi connectivity index (χ4v) is 0. The highest BCUT2D eigenvalue weighted by Crippen LogP contribution is 1.52. The molecule has 0 aliphatic rings. The Morgan fingerprint density at radius 2 is 1.08 bits per heavy atom. The van der Waals surface area contributed by atoms with Gasteiger partial charge in [-0.15, -0.1) is 0 Å². The molecule has 80 valence electrons. The Morgan fingerprint density at radius 3 is 1.08 bits per heavy atom. The van der Waals surface area contributed by atoms with Crippen LogP contribution in [-0.4, -0.2) is 36.8 Å². The van der Waals surface area contributed by atoms with E-state index >= 15 is 0 Å². The Kier molecular flexibility index (Phi) is 12.3. The van der Waals surface area contributed by atoms with Gasteiger partial charge in [0.25, 0.3) is 11.9 Å². The van der Waals surface area contributed by atoms with Gasteiger partial charge in [0.05, 0.1) is 6.26 Å². The number of aliphatic carboxylic acids is 2. The van der Waals surface area contributed by atoms with E-state index in [1.165, 1.54) is 0 Å². The van der Waals surface area contributed by atoms with E-state index in [-0.39, 0.29) is 0 Å². The highest BCUT2D eigenvalue weighted by molar-refractivity contribution is 7.88. The van der Waals surface area contributed by atoms with Crippen LogP contribution in [0.25, 0.3) is 0 Å². The van der Waals surface area contributed by atoms with Crippen molar-refractivity contribution in [1.82, 2.24) is 0 Å². The molecule has 0 heterocycles. The summed E-state index contributed by atoms with van der Waals surface area (Å²) in [4.78, 5) is 18.0. The van der Waals surface area contributed by atoms with Crippen molar-refractivity contribution in [2.75, 3.05) is 6.26 Å². The molecular weight excluding hydrogens is 202 g/mol. The summed E-state index contributed by atoms with van der Waals surface area (Å²) >= 11 is 0. The minimum atomic E-state index is -3.17. The lowest BCUT2D eigenvalue weighted by Gasteiger charge is -1.71. The number of hydrogen-bond acceptors (Lipinski definition) is 4. The van der Waals surface area contributed by atoms with Crippen LogP contribution in [-0.2, 0) is 19.6 Å². The molecule has 13 heavy (non-hydrogen) atoms. The zero-order valence-corrected chi connectivity index (χ0v) is 8.33. The zero-order chi connectivity index (χ0) is 11.7. The van der Waals surface area contributed by atoms with Gasteiger partial charge in [0.1, 0.15) is 0 Å². The van der Waals surface area contributed by atoms with E-state index in [2.05, 4.69) is 5.14 Å². The van der Waals surface area contributed by atoms with Crippen LogP contribution in [0, 0.1) is 0 Å². The molecule has 0 rings (SSSR count). The number of nitrogens with two attached hydrogens (primary N) is 1. The van der Waals surface area contributed by atoms with Crippen molar-refractivity contribution in [2.24, 2.45) is 5.14 Å². The maximum absolute atomic E-state index is 9.41. The first-order valence-corrected chi connectivity index (χ1v) is 4.79. The number of sulfonamides is 1. The molecule has 4 N–H and O–H groups in total. The van der Waals surface area contributed by atoms with Crippen molar-refractivity contribution in [3.05, 3.63) is 0 Å². The molecule has 0 spiro atoms. The molecule has 0 aromatic rings. The molecule has 0 saturated carbocycles. The van der Waals surface area contributed by atoms with E-state index < -0.39 is 22.0 Å². The topological polar surface area (TPSA) is 135 Å². The lowest BCUT2D eigenvalue weighted by molar-refractivity contribution is -0.135. The third-order valence-electron chi connectivity index (χ3n) is 0. The van der Waals surface area contributed by atoms with Crippen molar-refractivity contribution in [3.8, 4) is 0 Å². The van der Waals surface area contributed by atoms with Gasteiger partial charge in [-0.3, -0.25) is 9.59 Å². The smallest absolute Gasteiger partial charge is 0.300 e.